The standard InChI is InChI=1S/C28H32N4O3/c1-3-17-35-28-30-27(23-11-9-21(2)10-12-23)32(31-28)25-15-13-24(14-16-25)29-18-26(33)20-34-19-22-7-5-4-6-8-22/h4-16,26,29,33H,3,17-20H2,1-2H3. The Hall–Kier alpha value is -3.68. The molecule has 1 heterocycles. The quantitative estimate of drug-likeness (QED) is 0.301. The molecule has 4 aromatic rings. The summed E-state index contributed by atoms with van der Waals surface area (Å²) in [5.74, 6) is 0.725. The largest absolute Gasteiger partial charge is 0.462 e. The first-order chi connectivity index (χ1) is 17.1. The molecule has 0 saturated heterocycles. The van der Waals surface area contributed by atoms with Crippen LogP contribution in [0, 0.1) is 6.92 Å². The molecular formula is C28H32N4O3. The fraction of sp³-hybridized carbons (Fsp3) is 0.286. The lowest BCUT2D eigenvalue weighted by Gasteiger charge is -2.14. The molecule has 0 saturated carbocycles. The Morgan fingerprint density at radius 2 is 1.71 bits per heavy atom. The first-order valence-electron chi connectivity index (χ1n) is 11.9. The van der Waals surface area contributed by atoms with E-state index in [1.165, 1.54) is 5.56 Å². The number of aliphatic hydroxyl groups is 1. The van der Waals surface area contributed by atoms with E-state index in [0.29, 0.717) is 25.8 Å². The minimum absolute atomic E-state index is 0.263. The number of rotatable bonds is 12. The zero-order chi connectivity index (χ0) is 24.5. The molecule has 0 spiro atoms. The van der Waals surface area contributed by atoms with E-state index in [1.54, 1.807) is 4.68 Å². The van der Waals surface area contributed by atoms with E-state index in [0.717, 1.165) is 34.7 Å². The van der Waals surface area contributed by atoms with Gasteiger partial charge in [0.1, 0.15) is 0 Å². The molecule has 0 aliphatic carbocycles. The summed E-state index contributed by atoms with van der Waals surface area (Å²) in [6.07, 6.45) is 0.276. The monoisotopic (exact) mass is 472 g/mol. The van der Waals surface area contributed by atoms with E-state index in [9.17, 15) is 5.11 Å². The molecule has 0 bridgehead atoms. The van der Waals surface area contributed by atoms with E-state index < -0.39 is 6.10 Å². The molecule has 2 N–H and O–H groups in total. The van der Waals surface area contributed by atoms with Gasteiger partial charge < -0.3 is 19.9 Å². The Morgan fingerprint density at radius 3 is 2.43 bits per heavy atom. The lowest BCUT2D eigenvalue weighted by Crippen LogP contribution is -2.24. The number of benzene rings is 3. The van der Waals surface area contributed by atoms with Crippen LogP contribution in [0.2, 0.25) is 0 Å². The third-order valence-corrected chi connectivity index (χ3v) is 5.41. The maximum atomic E-state index is 10.3. The van der Waals surface area contributed by atoms with Crippen molar-refractivity contribution in [3.63, 3.8) is 0 Å². The number of aromatic nitrogens is 3. The van der Waals surface area contributed by atoms with Gasteiger partial charge in [0.25, 0.3) is 0 Å². The number of aliphatic hydroxyl groups excluding tert-OH is 1. The summed E-state index contributed by atoms with van der Waals surface area (Å²) in [6.45, 7) is 5.81. The van der Waals surface area contributed by atoms with E-state index in [2.05, 4.69) is 41.4 Å². The lowest BCUT2D eigenvalue weighted by atomic mass is 10.1. The van der Waals surface area contributed by atoms with Gasteiger partial charge in [-0.05, 0) is 43.2 Å². The second-order valence-electron chi connectivity index (χ2n) is 8.43. The third-order valence-electron chi connectivity index (χ3n) is 5.41. The van der Waals surface area contributed by atoms with Crippen molar-refractivity contribution in [3.8, 4) is 23.1 Å². The Labute approximate surface area is 206 Å². The zero-order valence-electron chi connectivity index (χ0n) is 20.2. The van der Waals surface area contributed by atoms with Crippen molar-refractivity contribution >= 4 is 5.69 Å². The summed E-state index contributed by atoms with van der Waals surface area (Å²) in [5.41, 5.74) is 5.01. The molecule has 35 heavy (non-hydrogen) atoms. The van der Waals surface area contributed by atoms with Crippen LogP contribution in [0.5, 0.6) is 6.01 Å². The van der Waals surface area contributed by atoms with Crippen LogP contribution < -0.4 is 10.1 Å². The van der Waals surface area contributed by atoms with Crippen molar-refractivity contribution in [3.05, 3.63) is 90.0 Å². The van der Waals surface area contributed by atoms with Gasteiger partial charge in [-0.15, -0.1) is 5.10 Å². The molecule has 0 aliphatic rings. The fourth-order valence-electron chi connectivity index (χ4n) is 3.52. The van der Waals surface area contributed by atoms with Crippen LogP contribution in [0.1, 0.15) is 24.5 Å². The molecule has 182 valence electrons. The summed E-state index contributed by atoms with van der Waals surface area (Å²) < 4.78 is 13.1. The maximum Gasteiger partial charge on any atom is 0.336 e. The highest BCUT2D eigenvalue weighted by molar-refractivity contribution is 5.60. The molecule has 3 aromatic carbocycles. The summed E-state index contributed by atoms with van der Waals surface area (Å²) in [5, 5.41) is 18.1. The van der Waals surface area contributed by atoms with Crippen LogP contribution in [-0.2, 0) is 11.3 Å². The summed E-state index contributed by atoms with van der Waals surface area (Å²) >= 11 is 0. The average Bonchev–Trinajstić information content (AvgIpc) is 3.32. The molecule has 1 unspecified atom stereocenters. The van der Waals surface area contributed by atoms with Gasteiger partial charge in [0, 0.05) is 17.8 Å². The minimum atomic E-state index is -0.611. The fourth-order valence-corrected chi connectivity index (χ4v) is 3.52. The van der Waals surface area contributed by atoms with E-state index in [4.69, 9.17) is 9.47 Å². The Balaban J connectivity index is 1.38. The molecular weight excluding hydrogens is 440 g/mol. The minimum Gasteiger partial charge on any atom is -0.462 e. The molecule has 4 rings (SSSR count). The summed E-state index contributed by atoms with van der Waals surface area (Å²) in [4.78, 5) is 4.62. The van der Waals surface area contributed by atoms with E-state index in [-0.39, 0.29) is 6.61 Å². The molecule has 1 aromatic heterocycles. The number of hydrogen-bond donors (Lipinski definition) is 2. The molecule has 0 radical (unpaired) electrons. The number of hydrogen-bond acceptors (Lipinski definition) is 6. The number of ether oxygens (including phenoxy) is 2. The molecule has 1 atom stereocenters. The average molecular weight is 473 g/mol. The smallest absolute Gasteiger partial charge is 0.336 e. The van der Waals surface area contributed by atoms with E-state index >= 15 is 0 Å². The van der Waals surface area contributed by atoms with Gasteiger partial charge in [0.15, 0.2) is 5.82 Å². The summed E-state index contributed by atoms with van der Waals surface area (Å²) in [6, 6.07) is 26.3. The van der Waals surface area contributed by atoms with Crippen LogP contribution in [0.25, 0.3) is 17.1 Å². The number of nitrogens with one attached hydrogen (secondary N) is 1. The van der Waals surface area contributed by atoms with Gasteiger partial charge in [-0.1, -0.05) is 67.1 Å². The van der Waals surface area contributed by atoms with Gasteiger partial charge >= 0.3 is 6.01 Å². The number of anilines is 1. The predicted molar refractivity (Wildman–Crippen MR) is 138 cm³/mol. The molecule has 7 heteroatoms. The highest BCUT2D eigenvalue weighted by Gasteiger charge is 2.15. The maximum absolute atomic E-state index is 10.3. The van der Waals surface area contributed by atoms with E-state index in [1.807, 2.05) is 66.7 Å². The molecule has 0 amide bonds. The van der Waals surface area contributed by atoms with Crippen molar-refractivity contribution in [1.29, 1.82) is 0 Å². The van der Waals surface area contributed by atoms with Crippen LogP contribution in [0.15, 0.2) is 78.9 Å². The van der Waals surface area contributed by atoms with Gasteiger partial charge in [-0.3, -0.25) is 0 Å². The molecule has 7 nitrogen and oxygen atoms in total. The number of aryl methyl sites for hydroxylation is 1. The Morgan fingerprint density at radius 1 is 0.971 bits per heavy atom. The van der Waals surface area contributed by atoms with Crippen molar-refractivity contribution in [2.24, 2.45) is 0 Å². The molecule has 0 fully saturated rings. The van der Waals surface area contributed by atoms with Crippen molar-refractivity contribution in [2.45, 2.75) is 33.0 Å². The van der Waals surface area contributed by atoms with Crippen LogP contribution >= 0.6 is 0 Å². The van der Waals surface area contributed by atoms with Crippen molar-refractivity contribution in [2.75, 3.05) is 25.1 Å². The van der Waals surface area contributed by atoms with Crippen LogP contribution in [0.3, 0.4) is 0 Å². The first-order valence-corrected chi connectivity index (χ1v) is 11.9. The Bertz CT molecular complexity index is 1180. The normalized spacial score (nSPS) is 11.9. The predicted octanol–water partition coefficient (Wildman–Crippen LogP) is 5.02. The summed E-state index contributed by atoms with van der Waals surface area (Å²) in [7, 11) is 0. The topological polar surface area (TPSA) is 81.4 Å². The first kappa shape index (κ1) is 24.4. The SMILES string of the molecule is CCCOc1nc(-c2ccc(C)cc2)n(-c2ccc(NCC(O)COCc3ccccc3)cc2)n1. The zero-order valence-corrected chi connectivity index (χ0v) is 20.2. The van der Waals surface area contributed by atoms with Gasteiger partial charge in [-0.2, -0.15) is 4.98 Å². The third kappa shape index (κ3) is 6.91. The molecule has 0 aliphatic heterocycles. The van der Waals surface area contributed by atoms with Crippen LogP contribution in [-0.4, -0.2) is 45.7 Å². The number of nitrogens with zero attached hydrogens (tertiary/aromatic N) is 3. The lowest BCUT2D eigenvalue weighted by molar-refractivity contribution is 0.0348. The van der Waals surface area contributed by atoms with Crippen molar-refractivity contribution < 1.29 is 14.6 Å². The van der Waals surface area contributed by atoms with Gasteiger partial charge in [0.2, 0.25) is 0 Å². The van der Waals surface area contributed by atoms with Crippen molar-refractivity contribution in [1.82, 2.24) is 14.8 Å². The second-order valence-corrected chi connectivity index (χ2v) is 8.43. The highest BCUT2D eigenvalue weighted by Crippen LogP contribution is 2.25. The second kappa shape index (κ2) is 12.1. The van der Waals surface area contributed by atoms with Crippen LogP contribution in [0.4, 0.5) is 5.69 Å². The van der Waals surface area contributed by atoms with Gasteiger partial charge in [0.05, 0.1) is 31.6 Å². The highest BCUT2D eigenvalue weighted by atomic mass is 16.5. The Kier molecular flexibility index (Phi) is 8.48. The van der Waals surface area contributed by atoms with Gasteiger partial charge in [-0.25, -0.2) is 4.68 Å².